The Bertz CT molecular complexity index is 519. The van der Waals surface area contributed by atoms with E-state index in [1.54, 1.807) is 20.8 Å². The van der Waals surface area contributed by atoms with E-state index < -0.39 is 17.7 Å². The van der Waals surface area contributed by atoms with Crippen LogP contribution in [0.1, 0.15) is 33.3 Å². The van der Waals surface area contributed by atoms with Gasteiger partial charge in [0.15, 0.2) is 5.78 Å². The minimum Gasteiger partial charge on any atom is -0.444 e. The Kier molecular flexibility index (Phi) is 6.28. The van der Waals surface area contributed by atoms with Crippen molar-refractivity contribution in [3.05, 3.63) is 35.9 Å². The predicted molar refractivity (Wildman–Crippen MR) is 83.6 cm³/mol. The van der Waals surface area contributed by atoms with Crippen LogP contribution >= 0.6 is 0 Å². The van der Waals surface area contributed by atoms with Crippen LogP contribution in [-0.2, 0) is 20.7 Å². The maximum atomic E-state index is 12.3. The lowest BCUT2D eigenvalue weighted by Gasteiger charge is -2.31. The molecule has 0 N–H and O–H groups in total. The van der Waals surface area contributed by atoms with Crippen LogP contribution in [0.4, 0.5) is 4.79 Å². The Morgan fingerprint density at radius 1 is 1.23 bits per heavy atom. The summed E-state index contributed by atoms with van der Waals surface area (Å²) in [7, 11) is 0. The molecule has 0 aliphatic rings. The van der Waals surface area contributed by atoms with Crippen molar-refractivity contribution in [2.45, 2.75) is 45.8 Å². The minimum atomic E-state index is -0.720. The van der Waals surface area contributed by atoms with Gasteiger partial charge in [-0.3, -0.25) is 9.69 Å². The van der Waals surface area contributed by atoms with Crippen LogP contribution in [0.25, 0.3) is 0 Å². The zero-order chi connectivity index (χ0) is 16.8. The lowest BCUT2D eigenvalue weighted by molar-refractivity contribution is -0.122. The summed E-state index contributed by atoms with van der Waals surface area (Å²) < 4.78 is 5.30. The number of ether oxygens (including phenoxy) is 1. The molecule has 0 heterocycles. The van der Waals surface area contributed by atoms with Crippen molar-refractivity contribution in [2.75, 3.05) is 6.54 Å². The van der Waals surface area contributed by atoms with Gasteiger partial charge in [-0.1, -0.05) is 30.3 Å². The zero-order valence-corrected chi connectivity index (χ0v) is 13.5. The van der Waals surface area contributed by atoms with E-state index in [2.05, 4.69) is 0 Å². The number of hydrogen-bond donors (Lipinski definition) is 0. The third-order valence-corrected chi connectivity index (χ3v) is 3.02. The number of nitrogens with zero attached hydrogens (tertiary/aromatic N) is 1. The van der Waals surface area contributed by atoms with Crippen LogP contribution in [0, 0.1) is 0 Å². The Labute approximate surface area is 131 Å². The molecule has 0 bridgehead atoms. The van der Waals surface area contributed by atoms with Gasteiger partial charge >= 0.3 is 6.09 Å². The van der Waals surface area contributed by atoms with Crippen LogP contribution < -0.4 is 0 Å². The van der Waals surface area contributed by atoms with Crippen molar-refractivity contribution in [3.63, 3.8) is 0 Å². The van der Waals surface area contributed by atoms with Crippen LogP contribution in [-0.4, -0.2) is 41.3 Å². The average Bonchev–Trinajstić information content (AvgIpc) is 2.41. The van der Waals surface area contributed by atoms with Crippen molar-refractivity contribution in [3.8, 4) is 0 Å². The molecule has 0 saturated heterocycles. The number of carbonyl (C=O) groups is 3. The van der Waals surface area contributed by atoms with Crippen molar-refractivity contribution in [2.24, 2.45) is 0 Å². The number of amides is 1. The van der Waals surface area contributed by atoms with E-state index in [1.807, 2.05) is 30.3 Å². The number of hydrogen-bond acceptors (Lipinski definition) is 4. The third kappa shape index (κ3) is 5.68. The highest BCUT2D eigenvalue weighted by molar-refractivity contribution is 5.86. The van der Waals surface area contributed by atoms with Crippen molar-refractivity contribution < 1.29 is 19.1 Å². The number of carbonyl (C=O) groups excluding carboxylic acids is 3. The molecule has 0 aliphatic heterocycles. The number of Topliss-reactive ketones (excluding diaryl/α,β-unsaturated/α-hetero) is 1. The number of aldehydes is 1. The smallest absolute Gasteiger partial charge is 0.411 e. The molecule has 0 radical (unpaired) electrons. The van der Waals surface area contributed by atoms with Gasteiger partial charge in [-0.2, -0.15) is 0 Å². The van der Waals surface area contributed by atoms with E-state index in [9.17, 15) is 14.4 Å². The summed E-state index contributed by atoms with van der Waals surface area (Å²) in [5.74, 6) is -0.184. The molecule has 1 aromatic carbocycles. The molecule has 1 amide bonds. The summed E-state index contributed by atoms with van der Waals surface area (Å²) in [5.41, 5.74) is 0.230. The monoisotopic (exact) mass is 305 g/mol. The number of rotatable bonds is 6. The summed E-state index contributed by atoms with van der Waals surface area (Å²) in [6, 6.07) is 8.65. The highest BCUT2D eigenvalue weighted by Gasteiger charge is 2.30. The first kappa shape index (κ1) is 17.9. The summed E-state index contributed by atoms with van der Waals surface area (Å²) in [5, 5.41) is 0. The minimum absolute atomic E-state index is 0.175. The van der Waals surface area contributed by atoms with E-state index in [1.165, 1.54) is 11.8 Å². The quantitative estimate of drug-likeness (QED) is 0.758. The van der Waals surface area contributed by atoms with Crippen molar-refractivity contribution in [1.82, 2.24) is 4.90 Å². The molecule has 0 aromatic heterocycles. The summed E-state index contributed by atoms with van der Waals surface area (Å²) in [4.78, 5) is 36.3. The van der Waals surface area contributed by atoms with Crippen LogP contribution in [0.15, 0.2) is 30.3 Å². The van der Waals surface area contributed by atoms with E-state index in [0.717, 1.165) is 5.56 Å². The van der Waals surface area contributed by atoms with Gasteiger partial charge in [-0.25, -0.2) is 4.79 Å². The molecular weight excluding hydrogens is 282 g/mol. The summed E-state index contributed by atoms with van der Waals surface area (Å²) in [6.07, 6.45) is 0.296. The molecule has 0 saturated carbocycles. The van der Waals surface area contributed by atoms with Gasteiger partial charge < -0.3 is 9.53 Å². The molecule has 22 heavy (non-hydrogen) atoms. The van der Waals surface area contributed by atoms with Gasteiger partial charge in [0.05, 0.1) is 12.6 Å². The van der Waals surface area contributed by atoms with Gasteiger partial charge in [-0.05, 0) is 33.3 Å². The molecule has 1 atom stereocenters. The Morgan fingerprint density at radius 2 is 1.82 bits per heavy atom. The lowest BCUT2D eigenvalue weighted by Crippen LogP contribution is -2.48. The van der Waals surface area contributed by atoms with Crippen molar-refractivity contribution in [1.29, 1.82) is 0 Å². The molecule has 5 nitrogen and oxygen atoms in total. The second kappa shape index (κ2) is 7.73. The second-order valence-corrected chi connectivity index (χ2v) is 6.12. The molecule has 0 aliphatic carbocycles. The Morgan fingerprint density at radius 3 is 2.27 bits per heavy atom. The molecule has 1 rings (SSSR count). The Hall–Kier alpha value is -2.17. The average molecular weight is 305 g/mol. The fraction of sp³-hybridized carbons (Fsp3) is 0.471. The normalized spacial score (nSPS) is 12.4. The molecular formula is C17H23NO4. The molecule has 120 valence electrons. The summed E-state index contributed by atoms with van der Waals surface area (Å²) in [6.45, 7) is 6.46. The molecule has 1 aromatic rings. The Balaban J connectivity index is 2.99. The van der Waals surface area contributed by atoms with Crippen LogP contribution in [0.5, 0.6) is 0 Å². The third-order valence-electron chi connectivity index (χ3n) is 3.02. The first-order valence-electron chi connectivity index (χ1n) is 7.22. The number of ketones is 1. The van der Waals surface area contributed by atoms with Crippen LogP contribution in [0.2, 0.25) is 0 Å². The molecule has 0 spiro atoms. The largest absolute Gasteiger partial charge is 0.444 e. The van der Waals surface area contributed by atoms with E-state index in [-0.39, 0.29) is 12.3 Å². The van der Waals surface area contributed by atoms with Gasteiger partial charge in [0.2, 0.25) is 0 Å². The van der Waals surface area contributed by atoms with Gasteiger partial charge in [0, 0.05) is 6.42 Å². The van der Waals surface area contributed by atoms with Crippen LogP contribution in [0.3, 0.4) is 0 Å². The summed E-state index contributed by atoms with van der Waals surface area (Å²) >= 11 is 0. The van der Waals surface area contributed by atoms with Crippen molar-refractivity contribution >= 4 is 18.2 Å². The second-order valence-electron chi connectivity index (χ2n) is 6.12. The zero-order valence-electron chi connectivity index (χ0n) is 13.5. The predicted octanol–water partition coefficient (Wildman–Crippen LogP) is 2.62. The highest BCUT2D eigenvalue weighted by atomic mass is 16.6. The van der Waals surface area contributed by atoms with Gasteiger partial charge in [0.25, 0.3) is 0 Å². The van der Waals surface area contributed by atoms with E-state index >= 15 is 0 Å². The van der Waals surface area contributed by atoms with Gasteiger partial charge in [-0.15, -0.1) is 0 Å². The number of benzene rings is 1. The van der Waals surface area contributed by atoms with E-state index in [0.29, 0.717) is 12.7 Å². The maximum absolute atomic E-state index is 12.3. The first-order valence-corrected chi connectivity index (χ1v) is 7.22. The lowest BCUT2D eigenvalue weighted by atomic mass is 10.0. The fourth-order valence-electron chi connectivity index (χ4n) is 2.04. The first-order chi connectivity index (χ1) is 10.2. The molecule has 0 unspecified atom stereocenters. The SMILES string of the molecule is CC(=O)[C@H](Cc1ccccc1)N(CC=O)C(=O)OC(C)(C)C. The molecule has 5 heteroatoms. The maximum Gasteiger partial charge on any atom is 0.411 e. The van der Waals surface area contributed by atoms with Gasteiger partial charge in [0.1, 0.15) is 11.9 Å². The topological polar surface area (TPSA) is 63.7 Å². The molecule has 0 fully saturated rings. The standard InChI is InChI=1S/C17H23NO4/c1-13(20)15(12-14-8-6-5-7-9-14)18(10-11-19)16(21)22-17(2,3)4/h5-9,11,15H,10,12H2,1-4H3/t15-/m0/s1. The highest BCUT2D eigenvalue weighted by Crippen LogP contribution is 2.15. The fourth-order valence-corrected chi connectivity index (χ4v) is 2.04. The van der Waals surface area contributed by atoms with E-state index in [4.69, 9.17) is 4.74 Å².